The topological polar surface area (TPSA) is 53.2 Å². The van der Waals surface area contributed by atoms with E-state index in [-0.39, 0.29) is 18.0 Å². The molecule has 2 atom stereocenters. The van der Waals surface area contributed by atoms with E-state index in [1.165, 1.54) is 41.5 Å². The fourth-order valence-electron chi connectivity index (χ4n) is 4.99. The van der Waals surface area contributed by atoms with Gasteiger partial charge in [-0.25, -0.2) is 4.79 Å². The molecule has 4 nitrogen and oxygen atoms in total. The number of hydrogen-bond acceptors (Lipinski definition) is 2. The highest BCUT2D eigenvalue weighted by Crippen LogP contribution is 2.32. The molecule has 0 radical (unpaired) electrons. The van der Waals surface area contributed by atoms with Crippen LogP contribution in [0.3, 0.4) is 0 Å². The van der Waals surface area contributed by atoms with Crippen LogP contribution in [0.15, 0.2) is 48.5 Å². The zero-order chi connectivity index (χ0) is 20.9. The molecule has 0 aromatic heterocycles. The number of hydrogen-bond donors (Lipinski definition) is 3. The van der Waals surface area contributed by atoms with Gasteiger partial charge in [0.15, 0.2) is 0 Å². The van der Waals surface area contributed by atoms with Gasteiger partial charge in [-0.15, -0.1) is 0 Å². The smallest absolute Gasteiger partial charge is 0.315 e. The van der Waals surface area contributed by atoms with Crippen molar-refractivity contribution in [2.45, 2.75) is 76.4 Å². The molecule has 4 rings (SSSR count). The first-order valence-electron chi connectivity index (χ1n) is 11.5. The van der Waals surface area contributed by atoms with Crippen molar-refractivity contribution in [1.82, 2.24) is 16.0 Å². The van der Waals surface area contributed by atoms with Gasteiger partial charge in [-0.3, -0.25) is 0 Å². The Labute approximate surface area is 180 Å². The van der Waals surface area contributed by atoms with E-state index in [2.05, 4.69) is 78.3 Å². The largest absolute Gasteiger partial charge is 0.335 e. The van der Waals surface area contributed by atoms with Crippen molar-refractivity contribution in [2.24, 2.45) is 0 Å². The van der Waals surface area contributed by atoms with Crippen LogP contribution in [0.5, 0.6) is 0 Å². The molecule has 2 fully saturated rings. The molecule has 0 bridgehead atoms. The van der Waals surface area contributed by atoms with Crippen LogP contribution in [0.4, 0.5) is 4.79 Å². The SMILES string of the molecule is Cc1ccc(C(c2ccc(C)cc2)C2CC(NC(=O)NC3CCCCC3)CN2)cc1. The van der Waals surface area contributed by atoms with Crippen LogP contribution in [0.1, 0.15) is 66.7 Å². The lowest BCUT2D eigenvalue weighted by molar-refractivity contribution is 0.229. The second-order valence-electron chi connectivity index (χ2n) is 9.20. The lowest BCUT2D eigenvalue weighted by atomic mass is 9.83. The van der Waals surface area contributed by atoms with E-state index in [1.807, 2.05) is 0 Å². The summed E-state index contributed by atoms with van der Waals surface area (Å²) in [6.45, 7) is 5.07. The number of amides is 2. The summed E-state index contributed by atoms with van der Waals surface area (Å²) in [4.78, 5) is 12.5. The molecule has 2 aliphatic rings. The Kier molecular flexibility index (Phi) is 6.73. The third-order valence-electron chi connectivity index (χ3n) is 6.72. The van der Waals surface area contributed by atoms with Gasteiger partial charge in [0.1, 0.15) is 0 Å². The minimum absolute atomic E-state index is 0.00317. The maximum Gasteiger partial charge on any atom is 0.315 e. The first-order valence-corrected chi connectivity index (χ1v) is 11.5. The molecule has 30 heavy (non-hydrogen) atoms. The van der Waals surface area contributed by atoms with E-state index in [0.717, 1.165) is 25.8 Å². The van der Waals surface area contributed by atoms with Gasteiger partial charge in [-0.2, -0.15) is 0 Å². The third-order valence-corrected chi connectivity index (χ3v) is 6.72. The molecule has 1 aliphatic heterocycles. The van der Waals surface area contributed by atoms with Crippen LogP contribution < -0.4 is 16.0 Å². The predicted molar refractivity (Wildman–Crippen MR) is 123 cm³/mol. The summed E-state index contributed by atoms with van der Waals surface area (Å²) in [6, 6.07) is 18.6. The van der Waals surface area contributed by atoms with E-state index in [0.29, 0.717) is 12.1 Å². The molecule has 2 aromatic rings. The van der Waals surface area contributed by atoms with Gasteiger partial charge in [-0.05, 0) is 44.2 Å². The van der Waals surface area contributed by atoms with Crippen molar-refractivity contribution in [3.63, 3.8) is 0 Å². The predicted octanol–water partition coefficient (Wildman–Crippen LogP) is 4.80. The Balaban J connectivity index is 1.43. The normalized spacial score (nSPS) is 22.2. The summed E-state index contributed by atoms with van der Waals surface area (Å²) in [5.41, 5.74) is 5.21. The molecule has 1 saturated carbocycles. The molecular weight excluding hydrogens is 370 g/mol. The minimum Gasteiger partial charge on any atom is -0.335 e. The first-order chi connectivity index (χ1) is 14.6. The standard InChI is InChI=1S/C26H35N3O/c1-18-8-12-20(13-9-18)25(21-14-10-19(2)11-15-21)24-16-23(17-27-24)29-26(30)28-22-6-4-3-5-7-22/h8-15,22-25,27H,3-7,16-17H2,1-2H3,(H2,28,29,30). The van der Waals surface area contributed by atoms with Crippen LogP contribution in [0.2, 0.25) is 0 Å². The van der Waals surface area contributed by atoms with Crippen molar-refractivity contribution >= 4 is 6.03 Å². The van der Waals surface area contributed by atoms with Gasteiger partial charge in [0.05, 0.1) is 0 Å². The molecule has 1 aliphatic carbocycles. The Morgan fingerprint density at radius 2 is 1.37 bits per heavy atom. The molecule has 0 spiro atoms. The van der Waals surface area contributed by atoms with Crippen molar-refractivity contribution in [2.75, 3.05) is 6.54 Å². The van der Waals surface area contributed by atoms with Crippen molar-refractivity contribution in [3.8, 4) is 0 Å². The number of rotatable bonds is 5. The molecule has 2 amide bonds. The Morgan fingerprint density at radius 1 is 0.833 bits per heavy atom. The van der Waals surface area contributed by atoms with Crippen LogP contribution in [0, 0.1) is 13.8 Å². The molecule has 160 valence electrons. The van der Waals surface area contributed by atoms with Crippen LogP contribution >= 0.6 is 0 Å². The number of carbonyl (C=O) groups excluding carboxylic acids is 1. The highest BCUT2D eigenvalue weighted by atomic mass is 16.2. The van der Waals surface area contributed by atoms with E-state index < -0.39 is 0 Å². The van der Waals surface area contributed by atoms with E-state index in [1.54, 1.807) is 0 Å². The van der Waals surface area contributed by atoms with Crippen molar-refractivity contribution in [3.05, 3.63) is 70.8 Å². The van der Waals surface area contributed by atoms with Gasteiger partial charge in [0.2, 0.25) is 0 Å². The molecular formula is C26H35N3O. The number of carbonyl (C=O) groups is 1. The van der Waals surface area contributed by atoms with Gasteiger partial charge in [0.25, 0.3) is 0 Å². The number of urea groups is 1. The second-order valence-corrected chi connectivity index (χ2v) is 9.20. The summed E-state index contributed by atoms with van der Waals surface area (Å²) in [7, 11) is 0. The number of benzene rings is 2. The third kappa shape index (κ3) is 5.23. The average Bonchev–Trinajstić information content (AvgIpc) is 3.19. The monoisotopic (exact) mass is 405 g/mol. The summed E-state index contributed by atoms with van der Waals surface area (Å²) < 4.78 is 0. The van der Waals surface area contributed by atoms with Crippen molar-refractivity contribution in [1.29, 1.82) is 0 Å². The van der Waals surface area contributed by atoms with Crippen LogP contribution in [-0.4, -0.2) is 30.7 Å². The molecule has 2 aromatic carbocycles. The zero-order valence-corrected chi connectivity index (χ0v) is 18.3. The average molecular weight is 406 g/mol. The Hall–Kier alpha value is -2.33. The van der Waals surface area contributed by atoms with Gasteiger partial charge in [0, 0.05) is 30.6 Å². The first kappa shape index (κ1) is 20.9. The molecule has 1 saturated heterocycles. The molecule has 4 heteroatoms. The molecule has 3 N–H and O–H groups in total. The minimum atomic E-state index is -0.00317. The van der Waals surface area contributed by atoms with Crippen molar-refractivity contribution < 1.29 is 4.79 Å². The van der Waals surface area contributed by atoms with Gasteiger partial charge < -0.3 is 16.0 Å². The summed E-state index contributed by atoms with van der Waals surface area (Å²) in [6.07, 6.45) is 6.92. The van der Waals surface area contributed by atoms with E-state index >= 15 is 0 Å². The fourth-order valence-corrected chi connectivity index (χ4v) is 4.99. The lowest BCUT2D eigenvalue weighted by Gasteiger charge is -2.26. The second kappa shape index (κ2) is 9.65. The Morgan fingerprint density at radius 3 is 1.93 bits per heavy atom. The van der Waals surface area contributed by atoms with Crippen LogP contribution in [-0.2, 0) is 0 Å². The molecule has 2 unspecified atom stereocenters. The highest BCUT2D eigenvalue weighted by molar-refractivity contribution is 5.74. The lowest BCUT2D eigenvalue weighted by Crippen LogP contribution is -2.47. The quantitative estimate of drug-likeness (QED) is 0.669. The Bertz CT molecular complexity index is 779. The summed E-state index contributed by atoms with van der Waals surface area (Å²) >= 11 is 0. The number of aryl methyl sites for hydroxylation is 2. The molecule has 1 heterocycles. The zero-order valence-electron chi connectivity index (χ0n) is 18.3. The number of nitrogens with one attached hydrogen (secondary N) is 3. The van der Waals surface area contributed by atoms with Gasteiger partial charge in [-0.1, -0.05) is 78.9 Å². The maximum atomic E-state index is 12.5. The highest BCUT2D eigenvalue weighted by Gasteiger charge is 2.33. The van der Waals surface area contributed by atoms with E-state index in [4.69, 9.17) is 0 Å². The van der Waals surface area contributed by atoms with Gasteiger partial charge >= 0.3 is 6.03 Å². The summed E-state index contributed by atoms with van der Waals surface area (Å²) in [5, 5.41) is 10.1. The summed E-state index contributed by atoms with van der Waals surface area (Å²) in [5.74, 6) is 0.277. The van der Waals surface area contributed by atoms with E-state index in [9.17, 15) is 4.79 Å². The fraction of sp³-hybridized carbons (Fsp3) is 0.500. The maximum absolute atomic E-state index is 12.5. The van der Waals surface area contributed by atoms with Crippen LogP contribution in [0.25, 0.3) is 0 Å².